The Hall–Kier alpha value is -2.01. The molecule has 1 aromatic heterocycles. The van der Waals surface area contributed by atoms with Gasteiger partial charge >= 0.3 is 0 Å². The summed E-state index contributed by atoms with van der Waals surface area (Å²) in [7, 11) is 3.17. The van der Waals surface area contributed by atoms with E-state index in [2.05, 4.69) is 5.16 Å². The van der Waals surface area contributed by atoms with E-state index in [4.69, 9.17) is 19.1 Å². The summed E-state index contributed by atoms with van der Waals surface area (Å²) in [6.45, 7) is -0.157. The fourth-order valence-electron chi connectivity index (χ4n) is 1.52. The molecule has 0 fully saturated rings. The molecule has 0 aliphatic heterocycles. The average molecular weight is 235 g/mol. The van der Waals surface area contributed by atoms with Crippen LogP contribution >= 0.6 is 0 Å². The smallest absolute Gasteiger partial charge is 0.171 e. The number of aliphatic hydroxyl groups is 1. The van der Waals surface area contributed by atoms with E-state index in [1.165, 1.54) is 0 Å². The molecular weight excluding hydrogens is 222 g/mol. The van der Waals surface area contributed by atoms with Crippen molar-refractivity contribution in [3.05, 3.63) is 30.0 Å². The fraction of sp³-hybridized carbons (Fsp3) is 0.250. The van der Waals surface area contributed by atoms with Crippen molar-refractivity contribution < 1.29 is 19.1 Å². The van der Waals surface area contributed by atoms with E-state index < -0.39 is 0 Å². The molecule has 5 nitrogen and oxygen atoms in total. The van der Waals surface area contributed by atoms with Gasteiger partial charge < -0.3 is 19.1 Å². The zero-order chi connectivity index (χ0) is 12.3. The molecule has 0 atom stereocenters. The van der Waals surface area contributed by atoms with Gasteiger partial charge in [0, 0.05) is 6.07 Å². The van der Waals surface area contributed by atoms with Gasteiger partial charge in [0.05, 0.1) is 26.4 Å². The lowest BCUT2D eigenvalue weighted by Crippen LogP contribution is -1.89. The number of aromatic nitrogens is 1. The molecule has 1 N–H and O–H groups in total. The maximum Gasteiger partial charge on any atom is 0.171 e. The molecule has 17 heavy (non-hydrogen) atoms. The van der Waals surface area contributed by atoms with E-state index in [1.807, 2.05) is 0 Å². The Balaban J connectivity index is 2.47. The van der Waals surface area contributed by atoms with Crippen LogP contribution in [0.3, 0.4) is 0 Å². The van der Waals surface area contributed by atoms with Gasteiger partial charge in [0.25, 0.3) is 0 Å². The summed E-state index contributed by atoms with van der Waals surface area (Å²) >= 11 is 0. The van der Waals surface area contributed by atoms with E-state index in [9.17, 15) is 0 Å². The Morgan fingerprint density at radius 1 is 1.24 bits per heavy atom. The second-order valence-electron chi connectivity index (χ2n) is 3.41. The number of methoxy groups -OCH3 is 2. The van der Waals surface area contributed by atoms with Gasteiger partial charge in [-0.1, -0.05) is 5.16 Å². The molecular formula is C12H13NO4. The molecule has 0 saturated heterocycles. The van der Waals surface area contributed by atoms with E-state index in [-0.39, 0.29) is 6.61 Å². The lowest BCUT2D eigenvalue weighted by molar-refractivity contribution is 0.267. The van der Waals surface area contributed by atoms with E-state index >= 15 is 0 Å². The Morgan fingerprint density at radius 3 is 2.65 bits per heavy atom. The first-order valence-corrected chi connectivity index (χ1v) is 5.07. The summed E-state index contributed by atoms with van der Waals surface area (Å²) in [5.41, 5.74) is 1.21. The van der Waals surface area contributed by atoms with Crippen LogP contribution in [0.15, 0.2) is 28.8 Å². The van der Waals surface area contributed by atoms with Gasteiger partial charge in [-0.05, 0) is 18.2 Å². The van der Waals surface area contributed by atoms with Crippen molar-refractivity contribution in [3.8, 4) is 22.8 Å². The number of hydrogen-bond donors (Lipinski definition) is 1. The highest BCUT2D eigenvalue weighted by Crippen LogP contribution is 2.33. The van der Waals surface area contributed by atoms with Crippen LogP contribution in [0.4, 0.5) is 0 Å². The molecule has 0 amide bonds. The summed E-state index contributed by atoms with van der Waals surface area (Å²) in [5, 5.41) is 12.7. The Labute approximate surface area is 98.6 Å². The van der Waals surface area contributed by atoms with Crippen molar-refractivity contribution in [1.82, 2.24) is 5.16 Å². The maximum absolute atomic E-state index is 8.95. The van der Waals surface area contributed by atoms with Crippen molar-refractivity contribution in [3.63, 3.8) is 0 Å². The van der Waals surface area contributed by atoms with Crippen LogP contribution in [0.25, 0.3) is 11.3 Å². The summed E-state index contributed by atoms with van der Waals surface area (Å²) in [6.07, 6.45) is 0. The fourth-order valence-corrected chi connectivity index (χ4v) is 1.52. The zero-order valence-electron chi connectivity index (χ0n) is 9.64. The first-order chi connectivity index (χ1) is 8.28. The lowest BCUT2D eigenvalue weighted by atomic mass is 10.1. The number of nitrogens with zero attached hydrogens (tertiary/aromatic N) is 1. The lowest BCUT2D eigenvalue weighted by Gasteiger charge is -2.07. The van der Waals surface area contributed by atoms with Crippen LogP contribution in [0.2, 0.25) is 0 Å². The summed E-state index contributed by atoms with van der Waals surface area (Å²) < 4.78 is 15.5. The van der Waals surface area contributed by atoms with Crippen LogP contribution in [0, 0.1) is 0 Å². The molecule has 2 aromatic rings. The summed E-state index contributed by atoms with van der Waals surface area (Å²) in [4.78, 5) is 0. The minimum absolute atomic E-state index is 0.157. The average Bonchev–Trinajstić information content (AvgIpc) is 2.86. The van der Waals surface area contributed by atoms with Crippen molar-refractivity contribution >= 4 is 0 Å². The molecule has 0 bridgehead atoms. The minimum atomic E-state index is -0.157. The second kappa shape index (κ2) is 4.88. The largest absolute Gasteiger partial charge is 0.497 e. The molecule has 1 aromatic carbocycles. The SMILES string of the molecule is COc1ccc(OC)c(-c2cc(CO)no2)c1. The summed E-state index contributed by atoms with van der Waals surface area (Å²) in [5.74, 6) is 1.89. The number of rotatable bonds is 4. The molecule has 2 rings (SSSR count). The number of ether oxygens (including phenoxy) is 2. The maximum atomic E-state index is 8.95. The highest BCUT2D eigenvalue weighted by molar-refractivity contribution is 5.67. The zero-order valence-corrected chi connectivity index (χ0v) is 9.64. The number of benzene rings is 1. The third-order valence-corrected chi connectivity index (χ3v) is 2.39. The number of hydrogen-bond acceptors (Lipinski definition) is 5. The number of aliphatic hydroxyl groups excluding tert-OH is 1. The predicted molar refractivity (Wildman–Crippen MR) is 61.0 cm³/mol. The first-order valence-electron chi connectivity index (χ1n) is 5.07. The minimum Gasteiger partial charge on any atom is -0.497 e. The highest BCUT2D eigenvalue weighted by atomic mass is 16.5. The quantitative estimate of drug-likeness (QED) is 0.876. The predicted octanol–water partition coefficient (Wildman–Crippen LogP) is 1.85. The Bertz CT molecular complexity index is 507. The van der Waals surface area contributed by atoms with E-state index in [1.54, 1.807) is 38.5 Å². The van der Waals surface area contributed by atoms with Gasteiger partial charge in [-0.2, -0.15) is 0 Å². The standard InChI is InChI=1S/C12H13NO4/c1-15-9-3-4-11(16-2)10(6-9)12-5-8(7-14)13-17-12/h3-6,14H,7H2,1-2H3. The van der Waals surface area contributed by atoms with Crippen LogP contribution in [-0.4, -0.2) is 24.5 Å². The third-order valence-electron chi connectivity index (χ3n) is 2.39. The van der Waals surface area contributed by atoms with Gasteiger partial charge in [-0.3, -0.25) is 0 Å². The van der Waals surface area contributed by atoms with Crippen molar-refractivity contribution in [2.75, 3.05) is 14.2 Å². The molecule has 1 heterocycles. The highest BCUT2D eigenvalue weighted by Gasteiger charge is 2.12. The van der Waals surface area contributed by atoms with Gasteiger partial charge in [-0.15, -0.1) is 0 Å². The molecule has 0 radical (unpaired) electrons. The van der Waals surface area contributed by atoms with Gasteiger partial charge in [-0.25, -0.2) is 0 Å². The molecule has 90 valence electrons. The topological polar surface area (TPSA) is 64.7 Å². The van der Waals surface area contributed by atoms with Crippen LogP contribution < -0.4 is 9.47 Å². The molecule has 0 aliphatic carbocycles. The van der Waals surface area contributed by atoms with E-state index in [0.29, 0.717) is 23.0 Å². The first kappa shape index (κ1) is 11.5. The molecule has 5 heteroatoms. The molecule has 0 spiro atoms. The van der Waals surface area contributed by atoms with Crippen molar-refractivity contribution in [2.45, 2.75) is 6.61 Å². The van der Waals surface area contributed by atoms with Crippen LogP contribution in [0.1, 0.15) is 5.69 Å². The Morgan fingerprint density at radius 2 is 2.06 bits per heavy atom. The second-order valence-corrected chi connectivity index (χ2v) is 3.41. The van der Waals surface area contributed by atoms with Gasteiger partial charge in [0.2, 0.25) is 0 Å². The summed E-state index contributed by atoms with van der Waals surface area (Å²) in [6, 6.07) is 7.04. The van der Waals surface area contributed by atoms with Crippen molar-refractivity contribution in [1.29, 1.82) is 0 Å². The van der Waals surface area contributed by atoms with Crippen LogP contribution in [0.5, 0.6) is 11.5 Å². The van der Waals surface area contributed by atoms with Crippen LogP contribution in [-0.2, 0) is 6.61 Å². The van der Waals surface area contributed by atoms with E-state index in [0.717, 1.165) is 5.56 Å². The molecule has 0 aliphatic rings. The Kier molecular flexibility index (Phi) is 3.30. The van der Waals surface area contributed by atoms with Gasteiger partial charge in [0.15, 0.2) is 5.76 Å². The monoisotopic (exact) mass is 235 g/mol. The third kappa shape index (κ3) is 2.24. The van der Waals surface area contributed by atoms with Gasteiger partial charge in [0.1, 0.15) is 17.2 Å². The normalized spacial score (nSPS) is 10.3. The molecule has 0 unspecified atom stereocenters. The van der Waals surface area contributed by atoms with Crippen molar-refractivity contribution in [2.24, 2.45) is 0 Å². The molecule has 0 saturated carbocycles.